The highest BCUT2D eigenvalue weighted by Gasteiger charge is 2.09. The molecule has 0 radical (unpaired) electrons. The third-order valence-corrected chi connectivity index (χ3v) is 2.92. The third kappa shape index (κ3) is 4.23. The number of carboxylic acids is 1. The summed E-state index contributed by atoms with van der Waals surface area (Å²) in [7, 11) is 0. The molecule has 1 N–H and O–H groups in total. The largest absolute Gasteiger partial charge is 0.489 e. The Morgan fingerprint density at radius 3 is 2.88 bits per heavy atom. The van der Waals surface area contributed by atoms with E-state index in [0.717, 1.165) is 22.5 Å². The lowest BCUT2D eigenvalue weighted by Gasteiger charge is -2.16. The molecule has 0 bridgehead atoms. The summed E-state index contributed by atoms with van der Waals surface area (Å²) in [6.07, 6.45) is 3.62. The van der Waals surface area contributed by atoms with Crippen LogP contribution in [0.1, 0.15) is 25.8 Å². The van der Waals surface area contributed by atoms with E-state index < -0.39 is 5.97 Å². The molecule has 1 unspecified atom stereocenters. The number of benzene rings is 1. The van der Waals surface area contributed by atoms with Gasteiger partial charge in [-0.3, -0.25) is 0 Å². The van der Waals surface area contributed by atoms with E-state index in [2.05, 4.69) is 15.9 Å². The summed E-state index contributed by atoms with van der Waals surface area (Å²) in [6, 6.07) is 5.53. The van der Waals surface area contributed by atoms with Crippen molar-refractivity contribution in [3.63, 3.8) is 0 Å². The van der Waals surface area contributed by atoms with Crippen LogP contribution in [0.5, 0.6) is 5.75 Å². The van der Waals surface area contributed by atoms with Gasteiger partial charge >= 0.3 is 5.97 Å². The minimum atomic E-state index is -0.973. The van der Waals surface area contributed by atoms with Gasteiger partial charge in [-0.1, -0.05) is 19.1 Å². The zero-order valence-corrected chi connectivity index (χ0v) is 11.4. The van der Waals surface area contributed by atoms with Crippen molar-refractivity contribution in [3.8, 4) is 5.75 Å². The van der Waals surface area contributed by atoms with Crippen molar-refractivity contribution in [2.75, 3.05) is 0 Å². The highest BCUT2D eigenvalue weighted by atomic mass is 79.9. The average molecular weight is 299 g/mol. The smallest absolute Gasteiger partial charge is 0.328 e. The van der Waals surface area contributed by atoms with Crippen LogP contribution in [0, 0.1) is 0 Å². The lowest BCUT2D eigenvalue weighted by Crippen LogP contribution is -2.11. The Kier molecular flexibility index (Phi) is 5.22. The van der Waals surface area contributed by atoms with Gasteiger partial charge in [0.1, 0.15) is 5.75 Å². The first kappa shape index (κ1) is 13.8. The molecule has 0 fully saturated rings. The normalized spacial score (nSPS) is 12.6. The molecule has 0 saturated carbocycles. The molecule has 1 rings (SSSR count). The van der Waals surface area contributed by atoms with E-state index in [9.17, 15) is 4.79 Å². The fourth-order valence-electron chi connectivity index (χ4n) is 1.23. The van der Waals surface area contributed by atoms with Crippen molar-refractivity contribution in [2.45, 2.75) is 26.4 Å². The van der Waals surface area contributed by atoms with Gasteiger partial charge in [-0.15, -0.1) is 0 Å². The molecule has 0 amide bonds. The van der Waals surface area contributed by atoms with Crippen molar-refractivity contribution in [1.82, 2.24) is 0 Å². The number of hydrogen-bond donors (Lipinski definition) is 1. The Bertz CT molecular complexity index is 427. The summed E-state index contributed by atoms with van der Waals surface area (Å²) < 4.78 is 6.59. The number of halogens is 1. The predicted octanol–water partition coefficient (Wildman–Crippen LogP) is 3.72. The summed E-state index contributed by atoms with van der Waals surface area (Å²) in [5.74, 6) is -0.293. The van der Waals surface area contributed by atoms with Gasteiger partial charge in [0.05, 0.1) is 10.6 Å². The van der Waals surface area contributed by atoms with Crippen molar-refractivity contribution in [3.05, 3.63) is 34.3 Å². The topological polar surface area (TPSA) is 46.5 Å². The molecule has 92 valence electrons. The quantitative estimate of drug-likeness (QED) is 0.843. The summed E-state index contributed by atoms with van der Waals surface area (Å²) >= 11 is 3.41. The molecule has 3 nitrogen and oxygen atoms in total. The monoisotopic (exact) mass is 298 g/mol. The lowest BCUT2D eigenvalue weighted by atomic mass is 10.2. The molecule has 0 aliphatic carbocycles. The molecule has 0 aliphatic rings. The molecule has 0 spiro atoms. The maximum Gasteiger partial charge on any atom is 0.328 e. The van der Waals surface area contributed by atoms with Crippen LogP contribution >= 0.6 is 15.9 Å². The number of aliphatic carboxylic acids is 1. The zero-order valence-electron chi connectivity index (χ0n) is 9.81. The molecule has 0 aliphatic heterocycles. The fraction of sp³-hybridized carbons (Fsp3) is 0.308. The maximum absolute atomic E-state index is 10.5. The van der Waals surface area contributed by atoms with E-state index in [-0.39, 0.29) is 6.10 Å². The van der Waals surface area contributed by atoms with Crippen molar-refractivity contribution < 1.29 is 14.6 Å². The van der Waals surface area contributed by atoms with Gasteiger partial charge in [0, 0.05) is 11.6 Å². The van der Waals surface area contributed by atoms with Gasteiger partial charge in [0.15, 0.2) is 0 Å². The van der Waals surface area contributed by atoms with Crippen LogP contribution in [0.4, 0.5) is 0 Å². The van der Waals surface area contributed by atoms with Gasteiger partial charge in [-0.2, -0.15) is 0 Å². The first-order valence-corrected chi connectivity index (χ1v) is 6.20. The number of rotatable bonds is 5. The van der Waals surface area contributed by atoms with Gasteiger partial charge in [-0.05, 0) is 41.4 Å². The molecule has 4 heteroatoms. The van der Waals surface area contributed by atoms with E-state index in [1.165, 1.54) is 6.08 Å². The van der Waals surface area contributed by atoms with Crippen LogP contribution in [-0.4, -0.2) is 17.2 Å². The summed E-state index contributed by atoms with van der Waals surface area (Å²) in [6.45, 7) is 4.01. The number of hydrogen-bond acceptors (Lipinski definition) is 2. The van der Waals surface area contributed by atoms with Gasteiger partial charge < -0.3 is 9.84 Å². The van der Waals surface area contributed by atoms with Crippen molar-refractivity contribution in [2.24, 2.45) is 0 Å². The van der Waals surface area contributed by atoms with Crippen LogP contribution in [0.15, 0.2) is 28.7 Å². The molecule has 0 aromatic heterocycles. The highest BCUT2D eigenvalue weighted by Crippen LogP contribution is 2.31. The Labute approximate surface area is 109 Å². The average Bonchev–Trinajstić information content (AvgIpc) is 2.29. The Balaban J connectivity index is 3.03. The Morgan fingerprint density at radius 1 is 1.59 bits per heavy atom. The number of ether oxygens (including phenoxy) is 1. The van der Waals surface area contributed by atoms with E-state index >= 15 is 0 Å². The summed E-state index contributed by atoms with van der Waals surface area (Å²) in [5.41, 5.74) is 0.752. The molecule has 1 aromatic carbocycles. The van der Waals surface area contributed by atoms with E-state index in [1.807, 2.05) is 32.0 Å². The predicted molar refractivity (Wildman–Crippen MR) is 71.2 cm³/mol. The number of carboxylic acid groups (broad SMARTS) is 1. The minimum absolute atomic E-state index is 0.0886. The Morgan fingerprint density at radius 2 is 2.29 bits per heavy atom. The molecule has 0 saturated heterocycles. The molecule has 1 aromatic rings. The molecule has 1 atom stereocenters. The van der Waals surface area contributed by atoms with Gasteiger partial charge in [0.2, 0.25) is 0 Å². The van der Waals surface area contributed by atoms with Gasteiger partial charge in [-0.25, -0.2) is 4.79 Å². The lowest BCUT2D eigenvalue weighted by molar-refractivity contribution is -0.131. The standard InChI is InChI=1S/C13H15BrO3/c1-3-9(2)17-13-10(7-8-12(15)16)5-4-6-11(13)14/h4-9H,3H2,1-2H3,(H,15,16). The first-order valence-electron chi connectivity index (χ1n) is 5.40. The number of carbonyl (C=O) groups is 1. The second-order valence-electron chi connectivity index (χ2n) is 3.67. The summed E-state index contributed by atoms with van der Waals surface area (Å²) in [4.78, 5) is 10.5. The van der Waals surface area contributed by atoms with Crippen molar-refractivity contribution in [1.29, 1.82) is 0 Å². The van der Waals surface area contributed by atoms with E-state index in [0.29, 0.717) is 5.75 Å². The summed E-state index contributed by atoms with van der Waals surface area (Å²) in [5, 5.41) is 8.62. The maximum atomic E-state index is 10.5. The van der Waals surface area contributed by atoms with Crippen LogP contribution in [-0.2, 0) is 4.79 Å². The van der Waals surface area contributed by atoms with Crippen LogP contribution in [0.2, 0.25) is 0 Å². The first-order chi connectivity index (χ1) is 8.04. The number of para-hydroxylation sites is 1. The molecular formula is C13H15BrO3. The zero-order chi connectivity index (χ0) is 12.8. The Hall–Kier alpha value is -1.29. The van der Waals surface area contributed by atoms with E-state index in [1.54, 1.807) is 0 Å². The van der Waals surface area contributed by atoms with Crippen LogP contribution in [0.25, 0.3) is 6.08 Å². The third-order valence-electron chi connectivity index (χ3n) is 2.30. The van der Waals surface area contributed by atoms with Crippen LogP contribution in [0.3, 0.4) is 0 Å². The second kappa shape index (κ2) is 6.45. The fourth-order valence-corrected chi connectivity index (χ4v) is 1.70. The van der Waals surface area contributed by atoms with E-state index in [4.69, 9.17) is 9.84 Å². The molecular weight excluding hydrogens is 284 g/mol. The molecule has 17 heavy (non-hydrogen) atoms. The van der Waals surface area contributed by atoms with Gasteiger partial charge in [0.25, 0.3) is 0 Å². The second-order valence-corrected chi connectivity index (χ2v) is 4.52. The van der Waals surface area contributed by atoms with Crippen molar-refractivity contribution >= 4 is 28.0 Å². The SMILES string of the molecule is CCC(C)Oc1c(Br)cccc1C=CC(=O)O. The van der Waals surface area contributed by atoms with Crippen LogP contribution < -0.4 is 4.74 Å². The minimum Gasteiger partial charge on any atom is -0.489 e. The highest BCUT2D eigenvalue weighted by molar-refractivity contribution is 9.10. The molecule has 0 heterocycles.